The minimum absolute atomic E-state index is 0.0201. The van der Waals surface area contributed by atoms with Gasteiger partial charge in [0.05, 0.1) is 7.11 Å². The molecule has 0 saturated heterocycles. The second-order valence-corrected chi connectivity index (χ2v) is 4.41. The lowest BCUT2D eigenvalue weighted by atomic mass is 10.0. The standard InChI is InChI=1S/C16H15FO2/c1-11-9-13(5-8-15(11)17)16(18)10-12-3-6-14(19-2)7-4-12/h3-9H,10H2,1-2H3. The van der Waals surface area contributed by atoms with Gasteiger partial charge in [0.15, 0.2) is 5.78 Å². The molecule has 98 valence electrons. The van der Waals surface area contributed by atoms with Crippen LogP contribution in [0.1, 0.15) is 21.5 Å². The lowest BCUT2D eigenvalue weighted by Gasteiger charge is -2.05. The van der Waals surface area contributed by atoms with Crippen LogP contribution in [0.25, 0.3) is 0 Å². The molecule has 0 aliphatic rings. The van der Waals surface area contributed by atoms with Crippen molar-refractivity contribution in [2.24, 2.45) is 0 Å². The van der Waals surface area contributed by atoms with Gasteiger partial charge in [0.1, 0.15) is 11.6 Å². The van der Waals surface area contributed by atoms with E-state index in [0.717, 1.165) is 11.3 Å². The summed E-state index contributed by atoms with van der Waals surface area (Å²) in [5.74, 6) is 0.447. The monoisotopic (exact) mass is 258 g/mol. The fraction of sp³-hybridized carbons (Fsp3) is 0.188. The Kier molecular flexibility index (Phi) is 3.95. The molecule has 0 N–H and O–H groups in total. The zero-order valence-corrected chi connectivity index (χ0v) is 10.9. The quantitative estimate of drug-likeness (QED) is 0.784. The molecule has 0 atom stereocenters. The van der Waals surface area contributed by atoms with Crippen LogP contribution in [-0.2, 0) is 6.42 Å². The van der Waals surface area contributed by atoms with Crippen molar-refractivity contribution in [2.75, 3.05) is 7.11 Å². The summed E-state index contributed by atoms with van der Waals surface area (Å²) in [6.45, 7) is 1.65. The van der Waals surface area contributed by atoms with Gasteiger partial charge in [0, 0.05) is 12.0 Å². The molecule has 0 aromatic heterocycles. The number of aryl methyl sites for hydroxylation is 1. The number of methoxy groups -OCH3 is 1. The van der Waals surface area contributed by atoms with E-state index in [-0.39, 0.29) is 11.6 Å². The third-order valence-electron chi connectivity index (χ3n) is 3.00. The second kappa shape index (κ2) is 5.65. The van der Waals surface area contributed by atoms with Crippen molar-refractivity contribution in [1.82, 2.24) is 0 Å². The van der Waals surface area contributed by atoms with Gasteiger partial charge in [-0.15, -0.1) is 0 Å². The highest BCUT2D eigenvalue weighted by molar-refractivity contribution is 5.97. The fourth-order valence-corrected chi connectivity index (χ4v) is 1.85. The number of rotatable bonds is 4. The number of ketones is 1. The lowest BCUT2D eigenvalue weighted by Crippen LogP contribution is -2.04. The molecule has 2 aromatic rings. The maximum Gasteiger partial charge on any atom is 0.167 e. The molecule has 0 radical (unpaired) electrons. The van der Waals surface area contributed by atoms with Crippen LogP contribution in [0.4, 0.5) is 4.39 Å². The molecule has 0 bridgehead atoms. The number of halogens is 1. The first-order chi connectivity index (χ1) is 9.10. The highest BCUT2D eigenvalue weighted by atomic mass is 19.1. The van der Waals surface area contributed by atoms with Crippen molar-refractivity contribution >= 4 is 5.78 Å². The van der Waals surface area contributed by atoms with Gasteiger partial charge in [-0.1, -0.05) is 12.1 Å². The van der Waals surface area contributed by atoms with Crippen molar-refractivity contribution in [3.8, 4) is 5.75 Å². The van der Waals surface area contributed by atoms with Crippen LogP contribution in [0.5, 0.6) is 5.75 Å². The van der Waals surface area contributed by atoms with Gasteiger partial charge >= 0.3 is 0 Å². The van der Waals surface area contributed by atoms with Gasteiger partial charge in [-0.3, -0.25) is 4.79 Å². The highest BCUT2D eigenvalue weighted by Gasteiger charge is 2.09. The summed E-state index contributed by atoms with van der Waals surface area (Å²) >= 11 is 0. The molecule has 19 heavy (non-hydrogen) atoms. The topological polar surface area (TPSA) is 26.3 Å². The Morgan fingerprint density at radius 3 is 2.42 bits per heavy atom. The zero-order valence-electron chi connectivity index (χ0n) is 10.9. The van der Waals surface area contributed by atoms with Crippen LogP contribution in [0.15, 0.2) is 42.5 Å². The summed E-state index contributed by atoms with van der Waals surface area (Å²) in [6, 6.07) is 11.8. The Labute approximate surface area is 111 Å². The molecule has 0 amide bonds. The molecule has 2 rings (SSSR count). The number of ether oxygens (including phenoxy) is 1. The second-order valence-electron chi connectivity index (χ2n) is 4.41. The van der Waals surface area contributed by atoms with Gasteiger partial charge in [-0.05, 0) is 48.4 Å². The molecule has 0 aliphatic carbocycles. The summed E-state index contributed by atoms with van der Waals surface area (Å²) in [6.07, 6.45) is 0.301. The van der Waals surface area contributed by atoms with E-state index in [0.29, 0.717) is 17.5 Å². The smallest absolute Gasteiger partial charge is 0.167 e. The molecule has 0 spiro atoms. The van der Waals surface area contributed by atoms with Crippen LogP contribution in [0, 0.1) is 12.7 Å². The van der Waals surface area contributed by atoms with E-state index in [4.69, 9.17) is 4.74 Å². The predicted molar refractivity (Wildman–Crippen MR) is 72.2 cm³/mol. The average molecular weight is 258 g/mol. The Morgan fingerprint density at radius 2 is 1.84 bits per heavy atom. The van der Waals surface area contributed by atoms with Crippen LogP contribution >= 0.6 is 0 Å². The first-order valence-electron chi connectivity index (χ1n) is 6.02. The molecular weight excluding hydrogens is 243 g/mol. The van der Waals surface area contributed by atoms with Crippen molar-refractivity contribution < 1.29 is 13.9 Å². The molecule has 0 heterocycles. The number of carbonyl (C=O) groups is 1. The third-order valence-corrected chi connectivity index (χ3v) is 3.00. The van der Waals surface area contributed by atoms with Crippen molar-refractivity contribution in [1.29, 1.82) is 0 Å². The van der Waals surface area contributed by atoms with Crippen molar-refractivity contribution in [3.05, 3.63) is 65.0 Å². The summed E-state index contributed by atoms with van der Waals surface area (Å²) in [4.78, 5) is 12.1. The summed E-state index contributed by atoms with van der Waals surface area (Å²) in [7, 11) is 1.60. The molecular formula is C16H15FO2. The fourth-order valence-electron chi connectivity index (χ4n) is 1.85. The summed E-state index contributed by atoms with van der Waals surface area (Å²) < 4.78 is 18.2. The average Bonchev–Trinajstić information content (AvgIpc) is 2.42. The van der Waals surface area contributed by atoms with E-state index < -0.39 is 0 Å². The van der Waals surface area contributed by atoms with E-state index >= 15 is 0 Å². The van der Waals surface area contributed by atoms with E-state index in [9.17, 15) is 9.18 Å². The Morgan fingerprint density at radius 1 is 1.16 bits per heavy atom. The molecule has 2 nitrogen and oxygen atoms in total. The Bertz CT molecular complexity index is 588. The van der Waals surface area contributed by atoms with E-state index in [1.165, 1.54) is 12.1 Å². The van der Waals surface area contributed by atoms with Gasteiger partial charge < -0.3 is 4.74 Å². The first-order valence-corrected chi connectivity index (χ1v) is 6.02. The number of hydrogen-bond acceptors (Lipinski definition) is 2. The van der Waals surface area contributed by atoms with Crippen LogP contribution in [0.2, 0.25) is 0 Å². The predicted octanol–water partition coefficient (Wildman–Crippen LogP) is 3.57. The third kappa shape index (κ3) is 3.19. The zero-order chi connectivity index (χ0) is 13.8. The number of Topliss-reactive ketones (excluding diaryl/α,β-unsaturated/α-hetero) is 1. The van der Waals surface area contributed by atoms with Crippen molar-refractivity contribution in [3.63, 3.8) is 0 Å². The largest absolute Gasteiger partial charge is 0.497 e. The minimum Gasteiger partial charge on any atom is -0.497 e. The molecule has 3 heteroatoms. The van der Waals surface area contributed by atoms with Gasteiger partial charge in [0.2, 0.25) is 0 Å². The molecule has 0 saturated carbocycles. The Balaban J connectivity index is 2.13. The number of benzene rings is 2. The number of carbonyl (C=O) groups excluding carboxylic acids is 1. The highest BCUT2D eigenvalue weighted by Crippen LogP contribution is 2.15. The van der Waals surface area contributed by atoms with E-state index in [2.05, 4.69) is 0 Å². The first kappa shape index (κ1) is 13.3. The van der Waals surface area contributed by atoms with E-state index in [1.54, 1.807) is 20.1 Å². The Hall–Kier alpha value is -2.16. The SMILES string of the molecule is COc1ccc(CC(=O)c2ccc(F)c(C)c2)cc1. The maximum atomic E-state index is 13.1. The van der Waals surface area contributed by atoms with Gasteiger partial charge in [0.25, 0.3) is 0 Å². The summed E-state index contributed by atoms with van der Waals surface area (Å²) in [5.41, 5.74) is 1.93. The maximum absolute atomic E-state index is 13.1. The molecule has 0 aliphatic heterocycles. The van der Waals surface area contributed by atoms with Gasteiger partial charge in [-0.25, -0.2) is 4.39 Å². The van der Waals surface area contributed by atoms with Crippen molar-refractivity contribution in [2.45, 2.75) is 13.3 Å². The molecule has 0 unspecified atom stereocenters. The normalized spacial score (nSPS) is 10.3. The summed E-state index contributed by atoms with van der Waals surface area (Å²) in [5, 5.41) is 0. The van der Waals surface area contributed by atoms with E-state index in [1.807, 2.05) is 24.3 Å². The van der Waals surface area contributed by atoms with Gasteiger partial charge in [-0.2, -0.15) is 0 Å². The van der Waals surface area contributed by atoms with Crippen LogP contribution < -0.4 is 4.74 Å². The minimum atomic E-state index is -0.291. The van der Waals surface area contributed by atoms with Crippen LogP contribution in [-0.4, -0.2) is 12.9 Å². The van der Waals surface area contributed by atoms with Crippen LogP contribution in [0.3, 0.4) is 0 Å². The molecule has 2 aromatic carbocycles. The lowest BCUT2D eigenvalue weighted by molar-refractivity contribution is 0.0993. The number of hydrogen-bond donors (Lipinski definition) is 0. The molecule has 0 fully saturated rings.